The van der Waals surface area contributed by atoms with Crippen LogP contribution in [-0.2, 0) is 6.42 Å². The van der Waals surface area contributed by atoms with Crippen LogP contribution < -0.4 is 0 Å². The summed E-state index contributed by atoms with van der Waals surface area (Å²) in [4.78, 5) is 0. The summed E-state index contributed by atoms with van der Waals surface area (Å²) < 4.78 is 29.4. The van der Waals surface area contributed by atoms with Gasteiger partial charge in [-0.15, -0.1) is 6.58 Å². The molecule has 0 nitrogen and oxygen atoms in total. The molecular weight excluding hydrogens is 422 g/mol. The van der Waals surface area contributed by atoms with Crippen LogP contribution in [0.25, 0.3) is 0 Å². The molecule has 1 aromatic rings. The summed E-state index contributed by atoms with van der Waals surface area (Å²) in [5.74, 6) is 3.64. The number of aryl methyl sites for hydroxylation is 1. The second kappa shape index (κ2) is 12.7. The Labute approximate surface area is 208 Å². The van der Waals surface area contributed by atoms with E-state index in [2.05, 4.69) is 13.5 Å². The lowest BCUT2D eigenvalue weighted by Crippen LogP contribution is -2.34. The first-order valence-electron chi connectivity index (χ1n) is 14.7. The first-order chi connectivity index (χ1) is 16.6. The minimum Gasteiger partial charge on any atom is -0.203 e. The highest BCUT2D eigenvalue weighted by atomic mass is 19.2. The molecule has 34 heavy (non-hydrogen) atoms. The van der Waals surface area contributed by atoms with Crippen LogP contribution in [-0.4, -0.2) is 0 Å². The van der Waals surface area contributed by atoms with Crippen LogP contribution in [0.3, 0.4) is 0 Å². The fourth-order valence-corrected chi connectivity index (χ4v) is 7.84. The molecule has 4 unspecified atom stereocenters. The zero-order valence-electron chi connectivity index (χ0n) is 21.7. The highest BCUT2D eigenvalue weighted by Crippen LogP contribution is 2.50. The lowest BCUT2D eigenvalue weighted by Gasteiger charge is -2.45. The highest BCUT2D eigenvalue weighted by Gasteiger charge is 2.39. The Balaban J connectivity index is 1.24. The van der Waals surface area contributed by atoms with Gasteiger partial charge in [-0.05, 0) is 117 Å². The molecule has 3 aliphatic rings. The van der Waals surface area contributed by atoms with Gasteiger partial charge < -0.3 is 0 Å². The Bertz CT molecular complexity index is 775. The largest absolute Gasteiger partial charge is 0.203 e. The maximum Gasteiger partial charge on any atom is 0.162 e. The molecule has 4 rings (SSSR count). The monoisotopic (exact) mass is 470 g/mol. The molecule has 3 saturated carbocycles. The number of rotatable bonds is 10. The molecule has 190 valence electrons. The van der Waals surface area contributed by atoms with Gasteiger partial charge in [-0.1, -0.05) is 63.7 Å². The van der Waals surface area contributed by atoms with Crippen molar-refractivity contribution in [3.63, 3.8) is 0 Å². The summed E-state index contributed by atoms with van der Waals surface area (Å²) in [5.41, 5.74) is 1.11. The van der Waals surface area contributed by atoms with E-state index in [4.69, 9.17) is 0 Å². The van der Waals surface area contributed by atoms with Crippen LogP contribution in [0.2, 0.25) is 0 Å². The van der Waals surface area contributed by atoms with Crippen LogP contribution in [0, 0.1) is 41.2 Å². The van der Waals surface area contributed by atoms with E-state index in [1.54, 1.807) is 6.08 Å². The SMILES string of the molecule is C=CCCc1ccc(C2CCC(C3CCC4CC(CCCCCC)CCC4C3)CC2)c(F)c1F. The molecule has 3 aliphatic carbocycles. The topological polar surface area (TPSA) is 0 Å². The molecule has 0 N–H and O–H groups in total. The maximum absolute atomic E-state index is 14.9. The summed E-state index contributed by atoms with van der Waals surface area (Å²) in [6, 6.07) is 3.68. The molecule has 0 aliphatic heterocycles. The molecule has 0 saturated heterocycles. The number of benzene rings is 1. The summed E-state index contributed by atoms with van der Waals surface area (Å²) in [5, 5.41) is 0. The van der Waals surface area contributed by atoms with E-state index < -0.39 is 11.6 Å². The van der Waals surface area contributed by atoms with Crippen molar-refractivity contribution in [2.75, 3.05) is 0 Å². The normalized spacial score (nSPS) is 31.7. The van der Waals surface area contributed by atoms with Crippen LogP contribution in [0.5, 0.6) is 0 Å². The molecule has 0 bridgehead atoms. The van der Waals surface area contributed by atoms with Crippen molar-refractivity contribution in [3.8, 4) is 0 Å². The maximum atomic E-state index is 14.9. The number of hydrogen-bond acceptors (Lipinski definition) is 0. The molecule has 2 heteroatoms. The van der Waals surface area contributed by atoms with E-state index in [1.165, 1.54) is 83.5 Å². The molecule has 1 aromatic carbocycles. The van der Waals surface area contributed by atoms with Gasteiger partial charge in [0, 0.05) is 0 Å². The number of halogens is 2. The van der Waals surface area contributed by atoms with Gasteiger partial charge in [-0.25, -0.2) is 8.78 Å². The van der Waals surface area contributed by atoms with Crippen molar-refractivity contribution in [1.29, 1.82) is 0 Å². The van der Waals surface area contributed by atoms with Crippen molar-refractivity contribution >= 4 is 0 Å². The van der Waals surface area contributed by atoms with Crippen molar-refractivity contribution < 1.29 is 8.78 Å². The molecule has 0 amide bonds. The summed E-state index contributed by atoms with van der Waals surface area (Å²) >= 11 is 0. The van der Waals surface area contributed by atoms with Gasteiger partial charge in [-0.3, -0.25) is 0 Å². The van der Waals surface area contributed by atoms with Crippen LogP contribution >= 0.6 is 0 Å². The van der Waals surface area contributed by atoms with Gasteiger partial charge in [0.15, 0.2) is 11.6 Å². The highest BCUT2D eigenvalue weighted by molar-refractivity contribution is 5.29. The summed E-state index contributed by atoms with van der Waals surface area (Å²) in [6.07, 6.45) is 23.3. The molecule has 4 atom stereocenters. The smallest absolute Gasteiger partial charge is 0.162 e. The Kier molecular flexibility index (Phi) is 9.66. The minimum absolute atomic E-state index is 0.193. The fourth-order valence-electron chi connectivity index (χ4n) is 7.84. The van der Waals surface area contributed by atoms with Crippen LogP contribution in [0.4, 0.5) is 8.78 Å². The Morgan fingerprint density at radius 2 is 1.47 bits per heavy atom. The van der Waals surface area contributed by atoms with E-state index in [9.17, 15) is 8.78 Å². The van der Waals surface area contributed by atoms with Gasteiger partial charge in [0.05, 0.1) is 0 Å². The van der Waals surface area contributed by atoms with E-state index in [0.717, 1.165) is 42.4 Å². The summed E-state index contributed by atoms with van der Waals surface area (Å²) in [6.45, 7) is 5.99. The molecule has 0 radical (unpaired) electrons. The predicted molar refractivity (Wildman–Crippen MR) is 140 cm³/mol. The molecule has 0 spiro atoms. The third-order valence-corrected chi connectivity index (χ3v) is 9.92. The number of hydrogen-bond donors (Lipinski definition) is 0. The van der Waals surface area contributed by atoms with Crippen molar-refractivity contribution in [3.05, 3.63) is 47.5 Å². The van der Waals surface area contributed by atoms with Crippen molar-refractivity contribution in [2.45, 2.75) is 122 Å². The van der Waals surface area contributed by atoms with E-state index in [-0.39, 0.29) is 5.92 Å². The molecular formula is C32H48F2. The zero-order chi connectivity index (χ0) is 23.9. The van der Waals surface area contributed by atoms with Crippen LogP contribution in [0.1, 0.15) is 127 Å². The van der Waals surface area contributed by atoms with Gasteiger partial charge in [-0.2, -0.15) is 0 Å². The van der Waals surface area contributed by atoms with Crippen molar-refractivity contribution in [1.82, 2.24) is 0 Å². The number of allylic oxidation sites excluding steroid dienone is 1. The predicted octanol–water partition coefficient (Wildman–Crippen LogP) is 10.2. The zero-order valence-corrected chi connectivity index (χ0v) is 21.7. The van der Waals surface area contributed by atoms with Crippen molar-refractivity contribution in [2.24, 2.45) is 29.6 Å². The van der Waals surface area contributed by atoms with Gasteiger partial charge >= 0.3 is 0 Å². The van der Waals surface area contributed by atoms with E-state index in [0.29, 0.717) is 24.0 Å². The molecule has 0 heterocycles. The minimum atomic E-state index is -0.624. The standard InChI is InChI=1S/C32H48F2/c1-3-5-7-8-9-23-11-12-29-22-28(18-17-27(29)21-23)24-13-15-25(16-14-24)30-20-19-26(10-6-4-2)31(33)32(30)34/h4,19-20,23-25,27-29H,2-3,5-18,21-22H2,1H3. The van der Waals surface area contributed by atoms with E-state index in [1.807, 2.05) is 12.1 Å². The fraction of sp³-hybridized carbons (Fsp3) is 0.750. The quantitative estimate of drug-likeness (QED) is 0.236. The van der Waals surface area contributed by atoms with E-state index >= 15 is 0 Å². The Hall–Kier alpha value is -1.18. The first-order valence-corrected chi connectivity index (χ1v) is 14.7. The Morgan fingerprint density at radius 1 is 0.794 bits per heavy atom. The Morgan fingerprint density at radius 3 is 2.21 bits per heavy atom. The number of unbranched alkanes of at least 4 members (excludes halogenated alkanes) is 3. The average Bonchev–Trinajstić information content (AvgIpc) is 2.87. The van der Waals surface area contributed by atoms with Gasteiger partial charge in [0.25, 0.3) is 0 Å². The lowest BCUT2D eigenvalue weighted by atomic mass is 9.60. The van der Waals surface area contributed by atoms with Gasteiger partial charge in [0.1, 0.15) is 0 Å². The average molecular weight is 471 g/mol. The molecule has 3 fully saturated rings. The van der Waals surface area contributed by atoms with Gasteiger partial charge in [0.2, 0.25) is 0 Å². The second-order valence-corrected chi connectivity index (χ2v) is 12.0. The summed E-state index contributed by atoms with van der Waals surface area (Å²) in [7, 11) is 0. The third-order valence-electron chi connectivity index (χ3n) is 9.92. The number of fused-ring (bicyclic) bond motifs is 1. The van der Waals surface area contributed by atoms with Crippen LogP contribution in [0.15, 0.2) is 24.8 Å². The lowest BCUT2D eigenvalue weighted by molar-refractivity contribution is 0.0612. The second-order valence-electron chi connectivity index (χ2n) is 12.0. The third kappa shape index (κ3) is 6.33. The first kappa shape index (κ1) is 25.9. The molecule has 0 aromatic heterocycles.